The Balaban J connectivity index is 2.36. The van der Waals surface area contributed by atoms with Crippen molar-refractivity contribution >= 4 is 0 Å². The Morgan fingerprint density at radius 1 is 1.43 bits per heavy atom. The number of nitrogens with one attached hydrogen (secondary N) is 1. The molecule has 5 nitrogen and oxygen atoms in total. The summed E-state index contributed by atoms with van der Waals surface area (Å²) >= 11 is 0. The number of hydrogen-bond donors (Lipinski definition) is 2. The molecule has 1 aromatic carbocycles. The molecule has 0 aliphatic carbocycles. The maximum atomic E-state index is 13.8. The van der Waals surface area contributed by atoms with Crippen molar-refractivity contribution in [1.29, 1.82) is 0 Å². The summed E-state index contributed by atoms with van der Waals surface area (Å²) in [7, 11) is 1.52. The molecule has 0 fully saturated rings. The maximum absolute atomic E-state index is 13.8. The molecule has 3 N–H and O–H groups in total. The summed E-state index contributed by atoms with van der Waals surface area (Å²) in [6.45, 7) is 2.54. The Hall–Kier alpha value is -1.99. The van der Waals surface area contributed by atoms with Gasteiger partial charge in [-0.05, 0) is 25.0 Å². The molecular weight excluding hydrogens is 278 g/mol. The molecule has 0 saturated carbocycles. The number of ether oxygens (including phenoxy) is 1. The lowest BCUT2D eigenvalue weighted by atomic mass is 10.0. The second kappa shape index (κ2) is 6.64. The standard InChI is InChI=1S/C14H18F2N4O/c1-3-20-14(12(21-2)8-18-20)11(19-17)7-9-5-4-6-10(15)13(9)16/h4-6,8,11,19H,3,7,17H2,1-2H3. The van der Waals surface area contributed by atoms with E-state index in [0.717, 1.165) is 6.07 Å². The SMILES string of the molecule is CCn1ncc(OC)c1C(Cc1cccc(F)c1F)NN. The van der Waals surface area contributed by atoms with Crippen LogP contribution in [-0.4, -0.2) is 16.9 Å². The van der Waals surface area contributed by atoms with Gasteiger partial charge in [-0.3, -0.25) is 16.0 Å². The number of hydrogen-bond acceptors (Lipinski definition) is 4. The van der Waals surface area contributed by atoms with E-state index in [4.69, 9.17) is 10.6 Å². The van der Waals surface area contributed by atoms with Gasteiger partial charge in [0, 0.05) is 6.54 Å². The Bertz CT molecular complexity index is 594. The monoisotopic (exact) mass is 296 g/mol. The van der Waals surface area contributed by atoms with Crippen molar-refractivity contribution < 1.29 is 13.5 Å². The Morgan fingerprint density at radius 2 is 2.19 bits per heavy atom. The van der Waals surface area contributed by atoms with Crippen molar-refractivity contribution in [1.82, 2.24) is 15.2 Å². The number of aromatic nitrogens is 2. The van der Waals surface area contributed by atoms with Crippen LogP contribution in [0.2, 0.25) is 0 Å². The molecule has 1 atom stereocenters. The van der Waals surface area contributed by atoms with E-state index in [9.17, 15) is 8.78 Å². The molecule has 0 saturated heterocycles. The van der Waals surface area contributed by atoms with Gasteiger partial charge in [0.2, 0.25) is 0 Å². The number of nitrogens with zero attached hydrogens (tertiary/aromatic N) is 2. The van der Waals surface area contributed by atoms with E-state index in [1.807, 2.05) is 6.92 Å². The molecule has 0 amide bonds. The van der Waals surface area contributed by atoms with Crippen LogP contribution in [0.25, 0.3) is 0 Å². The van der Waals surface area contributed by atoms with Crippen molar-refractivity contribution in [2.45, 2.75) is 25.9 Å². The average Bonchev–Trinajstić information content (AvgIpc) is 2.91. The lowest BCUT2D eigenvalue weighted by Crippen LogP contribution is -2.32. The maximum Gasteiger partial charge on any atom is 0.162 e. The number of methoxy groups -OCH3 is 1. The van der Waals surface area contributed by atoms with Gasteiger partial charge in [0.25, 0.3) is 0 Å². The highest BCUT2D eigenvalue weighted by molar-refractivity contribution is 5.31. The van der Waals surface area contributed by atoms with E-state index in [2.05, 4.69) is 10.5 Å². The number of nitrogens with two attached hydrogens (primary N) is 1. The van der Waals surface area contributed by atoms with Crippen LogP contribution in [0.5, 0.6) is 5.75 Å². The van der Waals surface area contributed by atoms with E-state index in [1.54, 1.807) is 10.9 Å². The summed E-state index contributed by atoms with van der Waals surface area (Å²) in [6, 6.07) is 3.64. The predicted octanol–water partition coefficient (Wildman–Crippen LogP) is 1.94. The van der Waals surface area contributed by atoms with Gasteiger partial charge in [-0.25, -0.2) is 8.78 Å². The minimum Gasteiger partial charge on any atom is -0.493 e. The largest absolute Gasteiger partial charge is 0.493 e. The third kappa shape index (κ3) is 3.03. The Morgan fingerprint density at radius 3 is 2.81 bits per heavy atom. The first-order valence-corrected chi connectivity index (χ1v) is 6.61. The highest BCUT2D eigenvalue weighted by Gasteiger charge is 2.22. The van der Waals surface area contributed by atoms with E-state index in [-0.39, 0.29) is 12.0 Å². The second-order valence-electron chi connectivity index (χ2n) is 4.55. The number of halogens is 2. The molecule has 0 bridgehead atoms. The molecule has 2 aromatic rings. The molecule has 21 heavy (non-hydrogen) atoms. The number of hydrazine groups is 1. The van der Waals surface area contributed by atoms with Crippen LogP contribution in [0.15, 0.2) is 24.4 Å². The van der Waals surface area contributed by atoms with Crippen LogP contribution in [-0.2, 0) is 13.0 Å². The number of benzene rings is 1. The number of aryl methyl sites for hydroxylation is 1. The molecule has 0 spiro atoms. The summed E-state index contributed by atoms with van der Waals surface area (Å²) in [5, 5.41) is 4.18. The average molecular weight is 296 g/mol. The summed E-state index contributed by atoms with van der Waals surface area (Å²) in [5.41, 5.74) is 3.56. The van der Waals surface area contributed by atoms with E-state index in [0.29, 0.717) is 18.0 Å². The third-order valence-corrected chi connectivity index (χ3v) is 3.35. The van der Waals surface area contributed by atoms with Gasteiger partial charge in [-0.1, -0.05) is 12.1 Å². The van der Waals surface area contributed by atoms with Gasteiger partial charge in [0.05, 0.1) is 25.0 Å². The van der Waals surface area contributed by atoms with Gasteiger partial charge in [-0.2, -0.15) is 5.10 Å². The molecule has 2 rings (SSSR count). The first kappa shape index (κ1) is 15.4. The molecular formula is C14H18F2N4O. The molecule has 1 unspecified atom stereocenters. The first-order chi connectivity index (χ1) is 10.1. The first-order valence-electron chi connectivity index (χ1n) is 6.61. The molecule has 114 valence electrons. The van der Waals surface area contributed by atoms with Crippen LogP contribution in [0, 0.1) is 11.6 Å². The van der Waals surface area contributed by atoms with Crippen molar-refractivity contribution in [3.05, 3.63) is 47.3 Å². The quantitative estimate of drug-likeness (QED) is 0.631. The minimum absolute atomic E-state index is 0.183. The summed E-state index contributed by atoms with van der Waals surface area (Å²) < 4.78 is 34.1. The highest BCUT2D eigenvalue weighted by atomic mass is 19.2. The molecule has 7 heteroatoms. The molecule has 0 aliphatic heterocycles. The Kier molecular flexibility index (Phi) is 4.87. The van der Waals surface area contributed by atoms with Gasteiger partial charge in [0.15, 0.2) is 17.4 Å². The van der Waals surface area contributed by atoms with Crippen molar-refractivity contribution in [2.24, 2.45) is 5.84 Å². The van der Waals surface area contributed by atoms with E-state index in [1.165, 1.54) is 19.2 Å². The van der Waals surface area contributed by atoms with E-state index >= 15 is 0 Å². The molecule has 0 aliphatic rings. The third-order valence-electron chi connectivity index (χ3n) is 3.35. The molecule has 1 heterocycles. The van der Waals surface area contributed by atoms with Gasteiger partial charge >= 0.3 is 0 Å². The minimum atomic E-state index is -0.876. The zero-order chi connectivity index (χ0) is 15.4. The van der Waals surface area contributed by atoms with Gasteiger partial charge < -0.3 is 4.74 Å². The normalized spacial score (nSPS) is 12.4. The fraction of sp³-hybridized carbons (Fsp3) is 0.357. The summed E-state index contributed by atoms with van der Waals surface area (Å²) in [4.78, 5) is 0. The van der Waals surface area contributed by atoms with Gasteiger partial charge in [0.1, 0.15) is 0 Å². The Labute approximate surface area is 121 Å². The lowest BCUT2D eigenvalue weighted by molar-refractivity contribution is 0.389. The fourth-order valence-electron chi connectivity index (χ4n) is 2.30. The van der Waals surface area contributed by atoms with Gasteiger partial charge in [-0.15, -0.1) is 0 Å². The highest BCUT2D eigenvalue weighted by Crippen LogP contribution is 2.28. The van der Waals surface area contributed by atoms with Crippen LogP contribution in [0.4, 0.5) is 8.78 Å². The van der Waals surface area contributed by atoms with Crippen LogP contribution < -0.4 is 16.0 Å². The van der Waals surface area contributed by atoms with E-state index < -0.39 is 17.7 Å². The number of rotatable bonds is 6. The predicted molar refractivity (Wildman–Crippen MR) is 74.6 cm³/mol. The van der Waals surface area contributed by atoms with Crippen LogP contribution in [0.1, 0.15) is 24.2 Å². The van der Waals surface area contributed by atoms with Crippen molar-refractivity contribution in [3.8, 4) is 5.75 Å². The molecule has 0 radical (unpaired) electrons. The molecule has 1 aromatic heterocycles. The zero-order valence-electron chi connectivity index (χ0n) is 11.9. The second-order valence-corrected chi connectivity index (χ2v) is 4.55. The smallest absolute Gasteiger partial charge is 0.162 e. The summed E-state index contributed by atoms with van der Waals surface area (Å²) in [5.74, 6) is 4.40. The van der Waals surface area contributed by atoms with Crippen LogP contribution >= 0.6 is 0 Å². The fourth-order valence-corrected chi connectivity index (χ4v) is 2.30. The topological polar surface area (TPSA) is 65.1 Å². The van der Waals surface area contributed by atoms with Crippen molar-refractivity contribution in [3.63, 3.8) is 0 Å². The lowest BCUT2D eigenvalue weighted by Gasteiger charge is -2.19. The van der Waals surface area contributed by atoms with Crippen molar-refractivity contribution in [2.75, 3.05) is 7.11 Å². The summed E-state index contributed by atoms with van der Waals surface area (Å²) in [6.07, 6.45) is 1.76. The zero-order valence-corrected chi connectivity index (χ0v) is 11.9. The van der Waals surface area contributed by atoms with Crippen LogP contribution in [0.3, 0.4) is 0 Å².